The highest BCUT2D eigenvalue weighted by Gasteiger charge is 2.31. The molecular weight excluding hydrogens is 549 g/mol. The Morgan fingerprint density at radius 3 is 2.34 bits per heavy atom. The number of hydrogen-bond donors (Lipinski definition) is 1. The molecular formula is C27H37Cl2N3O5S. The molecule has 0 aliphatic heterocycles. The lowest BCUT2D eigenvalue weighted by atomic mass is 10.0. The molecule has 2 rings (SSSR count). The number of hydrogen-bond acceptors (Lipinski definition) is 5. The molecule has 0 unspecified atom stereocenters. The van der Waals surface area contributed by atoms with Gasteiger partial charge in [0, 0.05) is 41.2 Å². The largest absolute Gasteiger partial charge is 0.497 e. The Kier molecular flexibility index (Phi) is 11.3. The van der Waals surface area contributed by atoms with Gasteiger partial charge in [-0.3, -0.25) is 13.9 Å². The average Bonchev–Trinajstić information content (AvgIpc) is 2.81. The van der Waals surface area contributed by atoms with E-state index in [9.17, 15) is 18.0 Å². The average molecular weight is 587 g/mol. The van der Waals surface area contributed by atoms with E-state index < -0.39 is 21.6 Å². The zero-order chi connectivity index (χ0) is 28.7. The summed E-state index contributed by atoms with van der Waals surface area (Å²) in [6.07, 6.45) is 1.77. The Morgan fingerprint density at radius 1 is 1.11 bits per heavy atom. The van der Waals surface area contributed by atoms with Crippen molar-refractivity contribution in [2.45, 2.75) is 65.1 Å². The van der Waals surface area contributed by atoms with Crippen molar-refractivity contribution < 1.29 is 22.7 Å². The molecule has 0 heterocycles. The summed E-state index contributed by atoms with van der Waals surface area (Å²) in [4.78, 5) is 28.2. The van der Waals surface area contributed by atoms with E-state index in [2.05, 4.69) is 5.32 Å². The Bertz CT molecular complexity index is 1230. The first kappa shape index (κ1) is 31.7. The third kappa shape index (κ3) is 9.36. The maximum Gasteiger partial charge on any atom is 0.243 e. The molecule has 0 radical (unpaired) electrons. The second-order valence-corrected chi connectivity index (χ2v) is 12.8. The lowest BCUT2D eigenvalue weighted by Crippen LogP contribution is -2.53. The normalized spacial score (nSPS) is 12.5. The Hall–Kier alpha value is -2.49. The van der Waals surface area contributed by atoms with Crippen LogP contribution in [-0.2, 0) is 26.2 Å². The topological polar surface area (TPSA) is 96.0 Å². The molecule has 0 bridgehead atoms. The highest BCUT2D eigenvalue weighted by atomic mass is 35.5. The number of nitrogens with zero attached hydrogens (tertiary/aromatic N) is 2. The standard InChI is InChI=1S/C27H37Cl2N3O5S/c1-7-24(26(34)30-27(2,3)4)31(18-19-13-14-20(28)16-23(19)29)25(33)12-9-15-32(38(6,35)36)21-10-8-11-22(17-21)37-5/h8,10-11,13-14,16-17,24H,7,9,12,15,18H2,1-6H3,(H,30,34)/t24-/m1/s1. The number of sulfonamides is 1. The van der Waals surface area contributed by atoms with Crippen LogP contribution in [0.2, 0.25) is 10.0 Å². The van der Waals surface area contributed by atoms with Crippen LogP contribution in [-0.4, -0.2) is 56.6 Å². The van der Waals surface area contributed by atoms with Crippen molar-refractivity contribution in [1.82, 2.24) is 10.2 Å². The van der Waals surface area contributed by atoms with Gasteiger partial charge in [0.25, 0.3) is 0 Å². The van der Waals surface area contributed by atoms with E-state index in [4.69, 9.17) is 27.9 Å². The van der Waals surface area contributed by atoms with Gasteiger partial charge in [-0.2, -0.15) is 0 Å². The van der Waals surface area contributed by atoms with E-state index in [0.29, 0.717) is 33.5 Å². The summed E-state index contributed by atoms with van der Waals surface area (Å²) in [5.41, 5.74) is 0.616. The predicted octanol–water partition coefficient (Wildman–Crippen LogP) is 5.27. The highest BCUT2D eigenvalue weighted by Crippen LogP contribution is 2.26. The van der Waals surface area contributed by atoms with E-state index in [1.807, 2.05) is 27.7 Å². The number of methoxy groups -OCH3 is 1. The molecule has 0 saturated heterocycles. The summed E-state index contributed by atoms with van der Waals surface area (Å²) >= 11 is 12.4. The van der Waals surface area contributed by atoms with E-state index in [0.717, 1.165) is 6.26 Å². The molecule has 210 valence electrons. The van der Waals surface area contributed by atoms with E-state index >= 15 is 0 Å². The zero-order valence-corrected chi connectivity index (χ0v) is 25.1. The van der Waals surface area contributed by atoms with Gasteiger partial charge in [-0.15, -0.1) is 0 Å². The molecule has 0 aliphatic carbocycles. The molecule has 2 amide bonds. The van der Waals surface area contributed by atoms with Gasteiger partial charge < -0.3 is 15.0 Å². The van der Waals surface area contributed by atoms with Gasteiger partial charge in [0.1, 0.15) is 11.8 Å². The Morgan fingerprint density at radius 2 is 1.79 bits per heavy atom. The van der Waals surface area contributed by atoms with Crippen molar-refractivity contribution >= 4 is 50.7 Å². The number of carbonyl (C=O) groups is 2. The Labute approximate surface area is 236 Å². The lowest BCUT2D eigenvalue weighted by Gasteiger charge is -2.33. The number of ether oxygens (including phenoxy) is 1. The molecule has 0 fully saturated rings. The van der Waals surface area contributed by atoms with Gasteiger partial charge >= 0.3 is 0 Å². The fourth-order valence-corrected chi connectivity index (χ4v) is 5.40. The summed E-state index contributed by atoms with van der Waals surface area (Å²) in [6.45, 7) is 7.65. The third-order valence-electron chi connectivity index (χ3n) is 5.73. The number of anilines is 1. The maximum absolute atomic E-state index is 13.6. The summed E-state index contributed by atoms with van der Waals surface area (Å²) in [6, 6.07) is 11.0. The smallest absolute Gasteiger partial charge is 0.243 e. The summed E-state index contributed by atoms with van der Waals surface area (Å²) < 4.78 is 31.5. The van der Waals surface area contributed by atoms with E-state index in [-0.39, 0.29) is 37.7 Å². The van der Waals surface area contributed by atoms with Gasteiger partial charge in [0.2, 0.25) is 21.8 Å². The summed E-state index contributed by atoms with van der Waals surface area (Å²) in [7, 11) is -2.11. The van der Waals surface area contributed by atoms with Crippen molar-refractivity contribution in [3.63, 3.8) is 0 Å². The molecule has 38 heavy (non-hydrogen) atoms. The van der Waals surface area contributed by atoms with Crippen LogP contribution < -0.4 is 14.4 Å². The predicted molar refractivity (Wildman–Crippen MR) is 153 cm³/mol. The molecule has 8 nitrogen and oxygen atoms in total. The molecule has 0 saturated carbocycles. The van der Waals surface area contributed by atoms with Crippen molar-refractivity contribution in [2.75, 3.05) is 24.2 Å². The minimum atomic E-state index is -3.62. The van der Waals surface area contributed by atoms with Crippen LogP contribution in [0.3, 0.4) is 0 Å². The van der Waals surface area contributed by atoms with Crippen LogP contribution in [0.25, 0.3) is 0 Å². The molecule has 11 heteroatoms. The fourth-order valence-electron chi connectivity index (χ4n) is 3.98. The molecule has 1 atom stereocenters. The van der Waals surface area contributed by atoms with Crippen molar-refractivity contribution in [3.8, 4) is 5.75 Å². The summed E-state index contributed by atoms with van der Waals surface area (Å²) in [5.74, 6) is -0.0347. The minimum Gasteiger partial charge on any atom is -0.497 e. The van der Waals surface area contributed by atoms with Crippen LogP contribution in [0.1, 0.15) is 52.5 Å². The first-order valence-corrected chi connectivity index (χ1v) is 14.9. The second-order valence-electron chi connectivity index (χ2n) is 10.1. The third-order valence-corrected chi connectivity index (χ3v) is 7.51. The summed E-state index contributed by atoms with van der Waals surface area (Å²) in [5, 5.41) is 3.81. The number of benzene rings is 2. The highest BCUT2D eigenvalue weighted by molar-refractivity contribution is 7.92. The Balaban J connectivity index is 2.29. The first-order chi connectivity index (χ1) is 17.7. The number of rotatable bonds is 12. The van der Waals surface area contributed by atoms with Crippen LogP contribution in [0, 0.1) is 0 Å². The number of amides is 2. The monoisotopic (exact) mass is 585 g/mol. The molecule has 2 aromatic carbocycles. The van der Waals surface area contributed by atoms with Crippen LogP contribution in [0.15, 0.2) is 42.5 Å². The number of halogens is 2. The van der Waals surface area contributed by atoms with Gasteiger partial charge in [0.05, 0.1) is 19.1 Å². The van der Waals surface area contributed by atoms with Gasteiger partial charge in [0.15, 0.2) is 0 Å². The van der Waals surface area contributed by atoms with Crippen molar-refractivity contribution in [2.24, 2.45) is 0 Å². The van der Waals surface area contributed by atoms with Crippen LogP contribution >= 0.6 is 23.2 Å². The zero-order valence-electron chi connectivity index (χ0n) is 22.8. The van der Waals surface area contributed by atoms with E-state index in [1.54, 1.807) is 42.5 Å². The van der Waals surface area contributed by atoms with E-state index in [1.165, 1.54) is 16.3 Å². The van der Waals surface area contributed by atoms with Crippen molar-refractivity contribution in [1.29, 1.82) is 0 Å². The number of carbonyl (C=O) groups excluding carboxylic acids is 2. The van der Waals surface area contributed by atoms with Gasteiger partial charge in [-0.05, 0) is 63.4 Å². The van der Waals surface area contributed by atoms with Crippen LogP contribution in [0.4, 0.5) is 5.69 Å². The van der Waals surface area contributed by atoms with Crippen molar-refractivity contribution in [3.05, 3.63) is 58.1 Å². The minimum absolute atomic E-state index is 0.0283. The quantitative estimate of drug-likeness (QED) is 0.366. The molecule has 1 N–H and O–H groups in total. The molecule has 0 aliphatic rings. The van der Waals surface area contributed by atoms with Gasteiger partial charge in [-0.25, -0.2) is 8.42 Å². The SMILES string of the molecule is CC[C@H](C(=O)NC(C)(C)C)N(Cc1ccc(Cl)cc1Cl)C(=O)CCCN(c1cccc(OC)c1)S(C)(=O)=O. The van der Waals surface area contributed by atoms with Gasteiger partial charge in [-0.1, -0.05) is 42.3 Å². The first-order valence-electron chi connectivity index (χ1n) is 12.3. The fraction of sp³-hybridized carbons (Fsp3) is 0.481. The second kappa shape index (κ2) is 13.5. The van der Waals surface area contributed by atoms with Crippen LogP contribution in [0.5, 0.6) is 5.75 Å². The molecule has 2 aromatic rings. The maximum atomic E-state index is 13.6. The number of nitrogens with one attached hydrogen (secondary N) is 1. The lowest BCUT2D eigenvalue weighted by molar-refractivity contribution is -0.142. The molecule has 0 spiro atoms. The molecule has 0 aromatic heterocycles.